The largest absolute Gasteiger partial charge is 0.435 e. The molecule has 168 valence electrons. The van der Waals surface area contributed by atoms with Gasteiger partial charge in [-0.1, -0.05) is 12.1 Å². The molecule has 2 aromatic rings. The number of aliphatic imine (C=N–C) groups is 1. The number of halogens is 2. The van der Waals surface area contributed by atoms with E-state index in [9.17, 15) is 8.78 Å². The van der Waals surface area contributed by atoms with E-state index in [0.717, 1.165) is 36.0 Å². The van der Waals surface area contributed by atoms with Crippen LogP contribution < -0.4 is 15.0 Å². The van der Waals surface area contributed by atoms with Crippen molar-refractivity contribution >= 4 is 11.8 Å². The summed E-state index contributed by atoms with van der Waals surface area (Å²) in [6.07, 6.45) is 2.02. The first-order chi connectivity index (χ1) is 14.9. The molecule has 1 unspecified atom stereocenters. The number of hydrogen-bond donors (Lipinski definition) is 1. The van der Waals surface area contributed by atoms with Crippen LogP contribution >= 0.6 is 0 Å². The number of guanidine groups is 1. The minimum Gasteiger partial charge on any atom is -0.435 e. The minimum atomic E-state index is -2.82. The van der Waals surface area contributed by atoms with Gasteiger partial charge in [-0.25, -0.2) is 4.98 Å². The first kappa shape index (κ1) is 22.7. The van der Waals surface area contributed by atoms with Crippen molar-refractivity contribution in [3.8, 4) is 5.75 Å². The lowest BCUT2D eigenvalue weighted by atomic mass is 10.2. The molecule has 1 aliphatic heterocycles. The molecule has 0 aliphatic carbocycles. The van der Waals surface area contributed by atoms with E-state index in [4.69, 9.17) is 4.74 Å². The van der Waals surface area contributed by atoms with E-state index in [-0.39, 0.29) is 11.9 Å². The van der Waals surface area contributed by atoms with Crippen molar-refractivity contribution in [1.29, 1.82) is 0 Å². The van der Waals surface area contributed by atoms with Crippen LogP contribution in [0.25, 0.3) is 0 Å². The molecular weight excluding hydrogens is 404 g/mol. The van der Waals surface area contributed by atoms with Crippen molar-refractivity contribution in [2.75, 3.05) is 38.7 Å². The molecule has 1 fully saturated rings. The van der Waals surface area contributed by atoms with E-state index in [1.165, 1.54) is 12.1 Å². The molecule has 1 aliphatic rings. The second-order valence-electron chi connectivity index (χ2n) is 7.43. The fourth-order valence-electron chi connectivity index (χ4n) is 3.46. The molecule has 0 amide bonds. The van der Waals surface area contributed by atoms with Gasteiger partial charge in [0.15, 0.2) is 5.96 Å². The second kappa shape index (κ2) is 10.9. The van der Waals surface area contributed by atoms with Crippen LogP contribution in [0.5, 0.6) is 5.75 Å². The number of nitrogens with one attached hydrogen (secondary N) is 1. The summed E-state index contributed by atoms with van der Waals surface area (Å²) in [4.78, 5) is 13.1. The molecule has 1 saturated heterocycles. The fraction of sp³-hybridized carbons (Fsp3) is 0.455. The van der Waals surface area contributed by atoms with Gasteiger partial charge >= 0.3 is 6.61 Å². The summed E-state index contributed by atoms with van der Waals surface area (Å²) in [7, 11) is 3.65. The number of anilines is 1. The monoisotopic (exact) mass is 433 g/mol. The lowest BCUT2D eigenvalue weighted by molar-refractivity contribution is -0.0498. The molecule has 1 atom stereocenters. The number of morpholine rings is 1. The smallest absolute Gasteiger partial charge is 0.387 e. The van der Waals surface area contributed by atoms with Crippen LogP contribution in [0.15, 0.2) is 47.6 Å². The van der Waals surface area contributed by atoms with Crippen LogP contribution in [-0.4, -0.2) is 62.4 Å². The summed E-state index contributed by atoms with van der Waals surface area (Å²) in [6, 6.07) is 10.7. The molecule has 2 heterocycles. The van der Waals surface area contributed by atoms with Gasteiger partial charge in [-0.15, -0.1) is 0 Å². The maximum atomic E-state index is 12.3. The molecule has 1 aromatic heterocycles. The summed E-state index contributed by atoms with van der Waals surface area (Å²) < 4.78 is 34.6. The number of hydrogen-bond acceptors (Lipinski definition) is 5. The van der Waals surface area contributed by atoms with E-state index >= 15 is 0 Å². The topological polar surface area (TPSA) is 62.2 Å². The van der Waals surface area contributed by atoms with E-state index in [1.54, 1.807) is 19.2 Å². The minimum absolute atomic E-state index is 0.145. The van der Waals surface area contributed by atoms with E-state index in [2.05, 4.69) is 37.9 Å². The van der Waals surface area contributed by atoms with Crippen LogP contribution in [-0.2, 0) is 17.8 Å². The number of alkyl halides is 2. The molecule has 0 spiro atoms. The number of aromatic nitrogens is 1. The van der Waals surface area contributed by atoms with Crippen molar-refractivity contribution in [3.63, 3.8) is 0 Å². The van der Waals surface area contributed by atoms with Gasteiger partial charge in [0.05, 0.1) is 12.7 Å². The van der Waals surface area contributed by atoms with E-state index in [1.807, 2.05) is 24.2 Å². The normalized spacial score (nSPS) is 17.0. The van der Waals surface area contributed by atoms with Crippen LogP contribution in [0.1, 0.15) is 18.1 Å². The predicted octanol–water partition coefficient (Wildman–Crippen LogP) is 3.12. The number of pyridine rings is 1. The highest BCUT2D eigenvalue weighted by atomic mass is 19.3. The Kier molecular flexibility index (Phi) is 8.00. The quantitative estimate of drug-likeness (QED) is 0.535. The van der Waals surface area contributed by atoms with Crippen molar-refractivity contribution < 1.29 is 18.3 Å². The lowest BCUT2D eigenvalue weighted by Gasteiger charge is -2.32. The molecule has 0 saturated carbocycles. The summed E-state index contributed by atoms with van der Waals surface area (Å²) in [5, 5.41) is 3.36. The lowest BCUT2D eigenvalue weighted by Crippen LogP contribution is -2.41. The van der Waals surface area contributed by atoms with Crippen LogP contribution in [0.2, 0.25) is 0 Å². The Bertz CT molecular complexity index is 863. The van der Waals surface area contributed by atoms with Gasteiger partial charge < -0.3 is 24.6 Å². The number of nitrogens with zero attached hydrogens (tertiary/aromatic N) is 4. The third-order valence-electron chi connectivity index (χ3n) is 4.97. The first-order valence-corrected chi connectivity index (χ1v) is 10.2. The van der Waals surface area contributed by atoms with Gasteiger partial charge in [-0.2, -0.15) is 8.78 Å². The number of ether oxygens (including phenoxy) is 2. The highest BCUT2D eigenvalue weighted by Gasteiger charge is 2.18. The summed E-state index contributed by atoms with van der Waals surface area (Å²) in [5.41, 5.74) is 2.06. The Morgan fingerprint density at radius 1 is 1.32 bits per heavy atom. The van der Waals surface area contributed by atoms with Gasteiger partial charge in [-0.3, -0.25) is 4.99 Å². The predicted molar refractivity (Wildman–Crippen MR) is 117 cm³/mol. The van der Waals surface area contributed by atoms with Gasteiger partial charge in [-0.05, 0) is 42.3 Å². The third-order valence-corrected chi connectivity index (χ3v) is 4.97. The highest BCUT2D eigenvalue weighted by Crippen LogP contribution is 2.17. The highest BCUT2D eigenvalue weighted by molar-refractivity contribution is 5.79. The third kappa shape index (κ3) is 6.78. The molecular formula is C22H29F2N5O2. The molecule has 31 heavy (non-hydrogen) atoms. The standard InChI is InChI=1S/C22H29F2N5O2/c1-16-14-29(10-11-30-16)20-12-18(8-9-26-20)13-27-22(25-2)28(3)15-17-4-6-19(7-5-17)31-21(23)24/h4-9,12,16,21H,10-11,13-15H2,1-3H3,(H,25,27). The van der Waals surface area contributed by atoms with Crippen LogP contribution in [0, 0.1) is 0 Å². The van der Waals surface area contributed by atoms with Crippen molar-refractivity contribution in [1.82, 2.24) is 15.2 Å². The molecule has 1 aromatic carbocycles. The maximum absolute atomic E-state index is 12.3. The molecule has 7 nitrogen and oxygen atoms in total. The average Bonchev–Trinajstić information content (AvgIpc) is 2.75. The zero-order valence-electron chi connectivity index (χ0n) is 18.1. The Labute approximate surface area is 181 Å². The molecule has 9 heteroatoms. The zero-order valence-corrected chi connectivity index (χ0v) is 18.1. The SMILES string of the molecule is CN=C(NCc1ccnc(N2CCOC(C)C2)c1)N(C)Cc1ccc(OC(F)F)cc1. The summed E-state index contributed by atoms with van der Waals surface area (Å²) in [6.45, 7) is 2.79. The number of benzene rings is 1. The Hall–Kier alpha value is -2.94. The average molecular weight is 434 g/mol. The Balaban J connectivity index is 1.55. The van der Waals surface area contributed by atoms with Gasteiger partial charge in [0.2, 0.25) is 0 Å². The van der Waals surface area contributed by atoms with Gasteiger partial charge in [0.1, 0.15) is 11.6 Å². The molecule has 0 radical (unpaired) electrons. The molecule has 1 N–H and O–H groups in total. The van der Waals surface area contributed by atoms with Gasteiger partial charge in [0.25, 0.3) is 0 Å². The Morgan fingerprint density at radius 2 is 2.10 bits per heavy atom. The molecule has 0 bridgehead atoms. The summed E-state index contributed by atoms with van der Waals surface area (Å²) in [5.74, 6) is 1.82. The fourth-order valence-corrected chi connectivity index (χ4v) is 3.46. The zero-order chi connectivity index (χ0) is 22.2. The van der Waals surface area contributed by atoms with Crippen LogP contribution in [0.4, 0.5) is 14.6 Å². The van der Waals surface area contributed by atoms with E-state index < -0.39 is 6.61 Å². The molecule has 3 rings (SSSR count). The van der Waals surface area contributed by atoms with Crippen molar-refractivity contribution in [2.24, 2.45) is 4.99 Å². The van der Waals surface area contributed by atoms with Gasteiger partial charge in [0, 0.05) is 46.5 Å². The number of rotatable bonds is 7. The second-order valence-corrected chi connectivity index (χ2v) is 7.43. The summed E-state index contributed by atoms with van der Waals surface area (Å²) >= 11 is 0. The Morgan fingerprint density at radius 3 is 2.77 bits per heavy atom. The van der Waals surface area contributed by atoms with E-state index in [0.29, 0.717) is 19.7 Å². The maximum Gasteiger partial charge on any atom is 0.387 e. The first-order valence-electron chi connectivity index (χ1n) is 10.2. The van der Waals surface area contributed by atoms with Crippen LogP contribution in [0.3, 0.4) is 0 Å². The van der Waals surface area contributed by atoms with Crippen molar-refractivity contribution in [2.45, 2.75) is 32.7 Å². The van der Waals surface area contributed by atoms with Crippen molar-refractivity contribution in [3.05, 3.63) is 53.7 Å².